The third kappa shape index (κ3) is 5.00. The summed E-state index contributed by atoms with van der Waals surface area (Å²) in [6, 6.07) is 13.4. The molecule has 1 aromatic heterocycles. The Hall–Kier alpha value is -3.20. The number of nitrogens with one attached hydrogen (secondary N) is 1. The maximum absolute atomic E-state index is 12.2. The summed E-state index contributed by atoms with van der Waals surface area (Å²) in [7, 11) is -3.36. The fourth-order valence-electron chi connectivity index (χ4n) is 2.39. The summed E-state index contributed by atoms with van der Waals surface area (Å²) in [5.41, 5.74) is 1.63. The minimum atomic E-state index is -3.36. The summed E-state index contributed by atoms with van der Waals surface area (Å²) in [6.45, 7) is 5.00. The Morgan fingerprint density at radius 2 is 1.72 bits per heavy atom. The van der Waals surface area contributed by atoms with Gasteiger partial charge in [-0.3, -0.25) is 10.1 Å². The Morgan fingerprint density at radius 1 is 1.07 bits per heavy atom. The van der Waals surface area contributed by atoms with Crippen LogP contribution in [0.15, 0.2) is 57.8 Å². The quantitative estimate of drug-likeness (QED) is 0.630. The van der Waals surface area contributed by atoms with Crippen molar-refractivity contribution in [2.75, 3.05) is 11.9 Å². The fourth-order valence-corrected chi connectivity index (χ4v) is 3.45. The first-order valence-corrected chi connectivity index (χ1v) is 10.5. The number of carbonyl (C=O) groups excluding carboxylic acids is 1. The molecule has 1 amide bonds. The number of amides is 1. The van der Waals surface area contributed by atoms with Gasteiger partial charge in [-0.25, -0.2) is 8.42 Å². The van der Waals surface area contributed by atoms with Gasteiger partial charge < -0.3 is 9.15 Å². The van der Waals surface area contributed by atoms with Crippen molar-refractivity contribution < 1.29 is 22.4 Å². The average molecular weight is 415 g/mol. The number of aromatic nitrogens is 2. The van der Waals surface area contributed by atoms with Crippen molar-refractivity contribution in [3.63, 3.8) is 0 Å². The third-order valence-electron chi connectivity index (χ3n) is 4.11. The van der Waals surface area contributed by atoms with Gasteiger partial charge in [0.2, 0.25) is 5.89 Å². The van der Waals surface area contributed by atoms with E-state index in [0.717, 1.165) is 5.56 Å². The molecule has 29 heavy (non-hydrogen) atoms. The molecule has 3 rings (SSSR count). The van der Waals surface area contributed by atoms with Crippen LogP contribution in [0.4, 0.5) is 6.01 Å². The molecule has 0 bridgehead atoms. The Labute approximate surface area is 168 Å². The maximum Gasteiger partial charge on any atom is 0.322 e. The monoisotopic (exact) mass is 415 g/mol. The summed E-state index contributed by atoms with van der Waals surface area (Å²) in [6.07, 6.45) is 0. The highest BCUT2D eigenvalue weighted by atomic mass is 32.2. The molecule has 1 N–H and O–H groups in total. The summed E-state index contributed by atoms with van der Waals surface area (Å²) < 4.78 is 35.2. The van der Waals surface area contributed by atoms with E-state index in [1.807, 2.05) is 19.1 Å². The van der Waals surface area contributed by atoms with Crippen molar-refractivity contribution in [1.82, 2.24) is 10.2 Å². The van der Waals surface area contributed by atoms with Gasteiger partial charge in [0, 0.05) is 5.56 Å². The van der Waals surface area contributed by atoms with Crippen molar-refractivity contribution in [3.05, 3.63) is 54.1 Å². The maximum atomic E-state index is 12.2. The minimum absolute atomic E-state index is 0.0728. The molecule has 0 saturated carbocycles. The molecule has 3 aromatic rings. The molecule has 8 nitrogen and oxygen atoms in total. The summed E-state index contributed by atoms with van der Waals surface area (Å²) in [5.74, 6) is 0.292. The molecule has 0 unspecified atom stereocenters. The van der Waals surface area contributed by atoms with Gasteiger partial charge in [-0.05, 0) is 57.2 Å². The highest BCUT2D eigenvalue weighted by molar-refractivity contribution is 7.92. The number of carbonyl (C=O) groups is 1. The molecule has 0 aliphatic rings. The van der Waals surface area contributed by atoms with Crippen LogP contribution in [-0.2, 0) is 14.6 Å². The van der Waals surface area contributed by atoms with Crippen LogP contribution in [0.3, 0.4) is 0 Å². The van der Waals surface area contributed by atoms with Crippen LogP contribution in [0.25, 0.3) is 11.5 Å². The molecular formula is C20H21N3O5S. The second kappa shape index (κ2) is 8.44. The van der Waals surface area contributed by atoms with Crippen LogP contribution >= 0.6 is 0 Å². The van der Waals surface area contributed by atoms with Crippen LogP contribution < -0.4 is 10.1 Å². The van der Waals surface area contributed by atoms with Crippen LogP contribution in [-0.4, -0.2) is 36.4 Å². The smallest absolute Gasteiger partial charge is 0.322 e. The van der Waals surface area contributed by atoms with Gasteiger partial charge in [0.05, 0.1) is 10.1 Å². The van der Waals surface area contributed by atoms with E-state index in [9.17, 15) is 13.2 Å². The topological polar surface area (TPSA) is 111 Å². The number of nitrogens with zero attached hydrogens (tertiary/aromatic N) is 2. The molecule has 0 aliphatic heterocycles. The number of hydrogen-bond acceptors (Lipinski definition) is 7. The van der Waals surface area contributed by atoms with E-state index in [1.54, 1.807) is 38.1 Å². The van der Waals surface area contributed by atoms with E-state index in [4.69, 9.17) is 9.15 Å². The predicted octanol–water partition coefficient (Wildman–Crippen LogP) is 3.24. The lowest BCUT2D eigenvalue weighted by Crippen LogP contribution is -2.20. The SMILES string of the molecule is Cc1ccc(OCC(=O)Nc2nnc(-c3ccc(S(=O)(=O)C(C)C)cc3)o2)cc1. The number of aryl methyl sites for hydroxylation is 1. The molecule has 152 valence electrons. The van der Waals surface area contributed by atoms with Crippen molar-refractivity contribution in [1.29, 1.82) is 0 Å². The van der Waals surface area contributed by atoms with Gasteiger partial charge in [0.1, 0.15) is 5.75 Å². The summed E-state index contributed by atoms with van der Waals surface area (Å²) in [4.78, 5) is 12.2. The molecule has 0 radical (unpaired) electrons. The van der Waals surface area contributed by atoms with Gasteiger partial charge in [-0.1, -0.05) is 22.8 Å². The molecule has 1 heterocycles. The zero-order chi connectivity index (χ0) is 21.0. The van der Waals surface area contributed by atoms with E-state index in [2.05, 4.69) is 15.5 Å². The molecule has 0 spiro atoms. The van der Waals surface area contributed by atoms with E-state index in [1.165, 1.54) is 12.1 Å². The van der Waals surface area contributed by atoms with Crippen molar-refractivity contribution >= 4 is 21.8 Å². The van der Waals surface area contributed by atoms with Gasteiger partial charge in [0.15, 0.2) is 16.4 Å². The highest BCUT2D eigenvalue weighted by Crippen LogP contribution is 2.23. The second-order valence-electron chi connectivity index (χ2n) is 6.68. The minimum Gasteiger partial charge on any atom is -0.484 e. The second-order valence-corrected chi connectivity index (χ2v) is 9.18. The zero-order valence-corrected chi connectivity index (χ0v) is 17.1. The normalized spacial score (nSPS) is 11.4. The van der Waals surface area contributed by atoms with Crippen LogP contribution in [0.5, 0.6) is 5.75 Å². The van der Waals surface area contributed by atoms with Crippen LogP contribution in [0.1, 0.15) is 19.4 Å². The molecule has 0 saturated heterocycles. The number of anilines is 1. The fraction of sp³-hybridized carbons (Fsp3) is 0.250. The standard InChI is InChI=1S/C20H21N3O5S/c1-13(2)29(25,26)17-10-6-15(7-11-17)19-22-23-20(28-19)21-18(24)12-27-16-8-4-14(3)5-9-16/h4-11,13H,12H2,1-3H3,(H,21,23,24). The van der Waals surface area contributed by atoms with E-state index < -0.39 is 21.0 Å². The molecular weight excluding hydrogens is 394 g/mol. The first-order chi connectivity index (χ1) is 13.8. The number of sulfone groups is 1. The number of rotatable bonds is 7. The third-order valence-corrected chi connectivity index (χ3v) is 6.28. The number of ether oxygens (including phenoxy) is 1. The predicted molar refractivity (Wildman–Crippen MR) is 107 cm³/mol. The lowest BCUT2D eigenvalue weighted by atomic mass is 10.2. The Kier molecular flexibility index (Phi) is 5.97. The van der Waals surface area contributed by atoms with Crippen LogP contribution in [0.2, 0.25) is 0 Å². The summed E-state index contributed by atoms with van der Waals surface area (Å²) in [5, 5.41) is 9.60. The van der Waals surface area contributed by atoms with Crippen LogP contribution in [0, 0.1) is 6.92 Å². The zero-order valence-electron chi connectivity index (χ0n) is 16.2. The van der Waals surface area contributed by atoms with E-state index >= 15 is 0 Å². The Balaban J connectivity index is 1.61. The Bertz CT molecular complexity index is 1090. The van der Waals surface area contributed by atoms with Gasteiger partial charge >= 0.3 is 6.01 Å². The molecule has 0 atom stereocenters. The van der Waals surface area contributed by atoms with Crippen molar-refractivity contribution in [3.8, 4) is 17.2 Å². The molecule has 0 fully saturated rings. The lowest BCUT2D eigenvalue weighted by Gasteiger charge is -2.07. The largest absolute Gasteiger partial charge is 0.484 e. The number of hydrogen-bond donors (Lipinski definition) is 1. The first kappa shape index (κ1) is 20.5. The van der Waals surface area contributed by atoms with Gasteiger partial charge in [-0.2, -0.15) is 0 Å². The summed E-state index contributed by atoms with van der Waals surface area (Å²) >= 11 is 0. The number of benzene rings is 2. The van der Waals surface area contributed by atoms with Crippen molar-refractivity contribution in [2.45, 2.75) is 30.9 Å². The molecule has 0 aliphatic carbocycles. The molecule has 2 aromatic carbocycles. The van der Waals surface area contributed by atoms with Crippen molar-refractivity contribution in [2.24, 2.45) is 0 Å². The lowest BCUT2D eigenvalue weighted by molar-refractivity contribution is -0.118. The Morgan fingerprint density at radius 3 is 2.34 bits per heavy atom. The van der Waals surface area contributed by atoms with E-state index in [-0.39, 0.29) is 23.4 Å². The van der Waals surface area contributed by atoms with E-state index in [0.29, 0.717) is 11.3 Å². The molecule has 9 heteroatoms. The first-order valence-electron chi connectivity index (χ1n) is 8.93. The van der Waals surface area contributed by atoms with Gasteiger partial charge in [-0.15, -0.1) is 5.10 Å². The highest BCUT2D eigenvalue weighted by Gasteiger charge is 2.19. The van der Waals surface area contributed by atoms with Gasteiger partial charge in [0.25, 0.3) is 5.91 Å². The average Bonchev–Trinajstić information content (AvgIpc) is 3.16.